The van der Waals surface area contributed by atoms with Gasteiger partial charge in [0.1, 0.15) is 8.42 Å². The Kier molecular flexibility index (Phi) is 4.89. The summed E-state index contributed by atoms with van der Waals surface area (Å²) in [7, 11) is -7.18. The highest BCUT2D eigenvalue weighted by Crippen LogP contribution is 2.30. The average Bonchev–Trinajstić information content (AvgIpc) is 3.22. The van der Waals surface area contributed by atoms with Crippen LogP contribution in [0, 0.1) is 0 Å². The SMILES string of the molecule is CC1CN(S(=O)(=O)c2cccs2)C(C)CN1S(=O)(=O)c1cccs1. The van der Waals surface area contributed by atoms with Crippen LogP contribution in [-0.2, 0) is 20.0 Å². The van der Waals surface area contributed by atoms with Gasteiger partial charge in [0.25, 0.3) is 20.0 Å². The quantitative estimate of drug-likeness (QED) is 0.781. The number of hydrogen-bond acceptors (Lipinski definition) is 6. The first-order valence-corrected chi connectivity index (χ1v) is 12.0. The number of sulfonamides is 2. The molecule has 1 fully saturated rings. The van der Waals surface area contributed by atoms with Crippen molar-refractivity contribution in [1.29, 1.82) is 0 Å². The van der Waals surface area contributed by atoms with Crippen molar-refractivity contribution in [3.8, 4) is 0 Å². The van der Waals surface area contributed by atoms with E-state index in [1.165, 1.54) is 31.3 Å². The molecule has 3 heterocycles. The number of piperazine rings is 1. The summed E-state index contributed by atoms with van der Waals surface area (Å²) in [4.78, 5) is 0. The molecule has 2 unspecified atom stereocenters. The third kappa shape index (κ3) is 3.06. The lowest BCUT2D eigenvalue weighted by atomic mass is 10.2. The summed E-state index contributed by atoms with van der Waals surface area (Å²) in [5, 5.41) is 3.44. The van der Waals surface area contributed by atoms with Gasteiger partial charge in [0.15, 0.2) is 0 Å². The summed E-state index contributed by atoms with van der Waals surface area (Å²) < 4.78 is 54.4. The fourth-order valence-electron chi connectivity index (χ4n) is 2.78. The molecule has 0 amide bonds. The molecule has 1 aliphatic rings. The molecule has 0 aromatic carbocycles. The highest BCUT2D eigenvalue weighted by Gasteiger charge is 2.42. The van der Waals surface area contributed by atoms with Gasteiger partial charge in [-0.25, -0.2) is 16.8 Å². The second-order valence-corrected chi connectivity index (χ2v) is 11.8. The van der Waals surface area contributed by atoms with Crippen LogP contribution in [0.4, 0.5) is 0 Å². The highest BCUT2D eigenvalue weighted by molar-refractivity contribution is 7.91. The minimum atomic E-state index is -3.59. The van der Waals surface area contributed by atoms with Crippen molar-refractivity contribution in [2.24, 2.45) is 0 Å². The Balaban J connectivity index is 1.88. The summed E-state index contributed by atoms with van der Waals surface area (Å²) in [6, 6.07) is 5.69. The Bertz CT molecular complexity index is 812. The Morgan fingerprint density at radius 3 is 1.50 bits per heavy atom. The van der Waals surface area contributed by atoms with Crippen LogP contribution < -0.4 is 0 Å². The monoisotopic (exact) mass is 406 g/mol. The molecule has 6 nitrogen and oxygen atoms in total. The van der Waals surface area contributed by atoms with E-state index in [-0.39, 0.29) is 21.5 Å². The molecule has 132 valence electrons. The van der Waals surface area contributed by atoms with E-state index in [0.717, 1.165) is 0 Å². The average molecular weight is 407 g/mol. The van der Waals surface area contributed by atoms with Crippen molar-refractivity contribution >= 4 is 42.7 Å². The van der Waals surface area contributed by atoms with Crippen LogP contribution in [0.5, 0.6) is 0 Å². The number of hydrogen-bond donors (Lipinski definition) is 0. The predicted molar refractivity (Wildman–Crippen MR) is 95.3 cm³/mol. The van der Waals surface area contributed by atoms with Gasteiger partial charge in [0.2, 0.25) is 0 Å². The fourth-order valence-corrected chi connectivity index (χ4v) is 8.43. The van der Waals surface area contributed by atoms with Gasteiger partial charge in [-0.2, -0.15) is 8.61 Å². The van der Waals surface area contributed by atoms with Gasteiger partial charge in [0.05, 0.1) is 0 Å². The van der Waals surface area contributed by atoms with Crippen LogP contribution in [0.25, 0.3) is 0 Å². The lowest BCUT2D eigenvalue weighted by molar-refractivity contribution is 0.164. The lowest BCUT2D eigenvalue weighted by Gasteiger charge is -2.41. The third-order valence-electron chi connectivity index (χ3n) is 3.99. The Labute approximate surface area is 150 Å². The van der Waals surface area contributed by atoms with E-state index in [4.69, 9.17) is 0 Å². The maximum Gasteiger partial charge on any atom is 0.252 e. The van der Waals surface area contributed by atoms with Crippen LogP contribution in [-0.4, -0.2) is 50.6 Å². The molecule has 0 aliphatic carbocycles. The number of rotatable bonds is 4. The molecule has 0 N–H and O–H groups in total. The zero-order valence-corrected chi connectivity index (χ0v) is 16.5. The summed E-state index contributed by atoms with van der Waals surface area (Å²) in [6.45, 7) is 3.78. The van der Waals surface area contributed by atoms with Crippen molar-refractivity contribution in [3.63, 3.8) is 0 Å². The Morgan fingerprint density at radius 1 is 0.833 bits per heavy atom. The largest absolute Gasteiger partial charge is 0.252 e. The minimum absolute atomic E-state index is 0.145. The minimum Gasteiger partial charge on any atom is -0.206 e. The van der Waals surface area contributed by atoms with Crippen LogP contribution in [0.3, 0.4) is 0 Å². The molecular weight excluding hydrogens is 388 g/mol. The third-order valence-corrected chi connectivity index (χ3v) is 10.7. The summed E-state index contributed by atoms with van der Waals surface area (Å²) in [5.41, 5.74) is 0. The normalized spacial score (nSPS) is 24.2. The number of nitrogens with zero attached hydrogens (tertiary/aromatic N) is 2. The van der Waals surface area contributed by atoms with Gasteiger partial charge in [0, 0.05) is 25.2 Å². The maximum absolute atomic E-state index is 12.8. The molecule has 3 rings (SSSR count). The molecule has 1 aliphatic heterocycles. The lowest BCUT2D eigenvalue weighted by Crippen LogP contribution is -2.59. The fraction of sp³-hybridized carbons (Fsp3) is 0.429. The molecule has 1 saturated heterocycles. The summed E-state index contributed by atoms with van der Waals surface area (Å²) in [5.74, 6) is 0. The molecule has 2 aromatic rings. The molecule has 2 aromatic heterocycles. The first kappa shape index (κ1) is 18.0. The van der Waals surface area contributed by atoms with Crippen LogP contribution in [0.15, 0.2) is 43.4 Å². The second-order valence-electron chi connectivity index (χ2n) is 5.71. The Hall–Kier alpha value is -0.780. The number of thiophene rings is 2. The molecule has 0 saturated carbocycles. The summed E-state index contributed by atoms with van der Waals surface area (Å²) >= 11 is 2.34. The molecule has 0 bridgehead atoms. The van der Waals surface area contributed by atoms with Crippen LogP contribution in [0.2, 0.25) is 0 Å². The molecule has 24 heavy (non-hydrogen) atoms. The van der Waals surface area contributed by atoms with E-state index in [2.05, 4.69) is 0 Å². The molecule has 2 atom stereocenters. The van der Waals surface area contributed by atoms with E-state index in [1.54, 1.807) is 48.9 Å². The smallest absolute Gasteiger partial charge is 0.206 e. The van der Waals surface area contributed by atoms with Crippen LogP contribution in [0.1, 0.15) is 13.8 Å². The van der Waals surface area contributed by atoms with E-state index in [9.17, 15) is 16.8 Å². The maximum atomic E-state index is 12.8. The van der Waals surface area contributed by atoms with Gasteiger partial charge in [-0.05, 0) is 36.7 Å². The van der Waals surface area contributed by atoms with E-state index >= 15 is 0 Å². The highest BCUT2D eigenvalue weighted by atomic mass is 32.3. The molecule has 10 heteroatoms. The molecule has 0 radical (unpaired) electrons. The van der Waals surface area contributed by atoms with Crippen molar-refractivity contribution in [1.82, 2.24) is 8.61 Å². The zero-order chi connectivity index (χ0) is 17.5. The van der Waals surface area contributed by atoms with Gasteiger partial charge >= 0.3 is 0 Å². The van der Waals surface area contributed by atoms with E-state index in [1.807, 2.05) is 0 Å². The second kappa shape index (κ2) is 6.50. The standard InChI is InChI=1S/C14H18N2O4S4/c1-11-9-16(24(19,20)14-6-4-8-22-14)12(2)10-15(11)23(17,18)13-5-3-7-21-13/h3-8,11-12H,9-10H2,1-2H3. The first-order chi connectivity index (χ1) is 11.2. The summed E-state index contributed by atoms with van der Waals surface area (Å²) in [6.07, 6.45) is 0. The van der Waals surface area contributed by atoms with Gasteiger partial charge in [-0.3, -0.25) is 0 Å². The van der Waals surface area contributed by atoms with Crippen molar-refractivity contribution in [2.45, 2.75) is 34.3 Å². The van der Waals surface area contributed by atoms with E-state index in [0.29, 0.717) is 0 Å². The van der Waals surface area contributed by atoms with Gasteiger partial charge < -0.3 is 0 Å². The van der Waals surface area contributed by atoms with Gasteiger partial charge in [-0.1, -0.05) is 12.1 Å². The first-order valence-electron chi connectivity index (χ1n) is 7.35. The van der Waals surface area contributed by atoms with Gasteiger partial charge in [-0.15, -0.1) is 22.7 Å². The molecule has 0 spiro atoms. The van der Waals surface area contributed by atoms with Crippen molar-refractivity contribution in [2.75, 3.05) is 13.1 Å². The Morgan fingerprint density at radius 2 is 1.21 bits per heavy atom. The van der Waals surface area contributed by atoms with Crippen molar-refractivity contribution < 1.29 is 16.8 Å². The topological polar surface area (TPSA) is 74.8 Å². The zero-order valence-electron chi connectivity index (χ0n) is 13.2. The predicted octanol–water partition coefficient (Wildman–Crippen LogP) is 2.28. The van der Waals surface area contributed by atoms with Crippen molar-refractivity contribution in [3.05, 3.63) is 35.0 Å². The molecular formula is C14H18N2O4S4. The van der Waals surface area contributed by atoms with E-state index < -0.39 is 32.1 Å². The van der Waals surface area contributed by atoms with Crippen LogP contribution >= 0.6 is 22.7 Å².